The van der Waals surface area contributed by atoms with Crippen molar-refractivity contribution < 1.29 is 0 Å². The molecule has 0 saturated heterocycles. The summed E-state index contributed by atoms with van der Waals surface area (Å²) in [6, 6.07) is 4.23. The molecule has 0 aliphatic carbocycles. The second-order valence-electron chi connectivity index (χ2n) is 3.54. The molecule has 0 saturated carbocycles. The highest BCUT2D eigenvalue weighted by Crippen LogP contribution is 2.05. The first-order valence-electron chi connectivity index (χ1n) is 6.22. The van der Waals surface area contributed by atoms with Gasteiger partial charge in [-0.3, -0.25) is 0 Å². The first-order chi connectivity index (χ1) is 8.91. The van der Waals surface area contributed by atoms with Crippen LogP contribution >= 0.6 is 23.5 Å². The highest BCUT2D eigenvalue weighted by molar-refractivity contribution is 8.02. The summed E-state index contributed by atoms with van der Waals surface area (Å²) >= 11 is 3.91. The van der Waals surface area contributed by atoms with E-state index in [-0.39, 0.29) is 0 Å². The number of thioether (sulfide) groups is 2. The normalized spacial score (nSPS) is 9.89. The van der Waals surface area contributed by atoms with E-state index >= 15 is 0 Å². The maximum absolute atomic E-state index is 8.34. The lowest BCUT2D eigenvalue weighted by Gasteiger charge is -2.04. The minimum absolute atomic E-state index is 0.597. The smallest absolute Gasteiger partial charge is 0.0635 e. The van der Waals surface area contributed by atoms with Crippen molar-refractivity contribution in [1.29, 1.82) is 10.5 Å². The number of hydrogen-bond acceptors (Lipinski definition) is 6. The third-order valence-electron chi connectivity index (χ3n) is 2.05. The van der Waals surface area contributed by atoms with E-state index in [1.165, 1.54) is 11.5 Å². The highest BCUT2D eigenvalue weighted by Gasteiger charge is 1.92. The quantitative estimate of drug-likeness (QED) is 0.499. The van der Waals surface area contributed by atoms with Crippen LogP contribution in [0, 0.1) is 22.7 Å². The Bertz CT molecular complexity index is 221. The van der Waals surface area contributed by atoms with E-state index in [1.54, 1.807) is 0 Å². The molecular weight excluding hydrogens is 264 g/mol. The molecule has 0 bridgehead atoms. The van der Waals surface area contributed by atoms with E-state index in [0.717, 1.165) is 37.7 Å². The topological polar surface area (TPSA) is 71.6 Å². The molecule has 0 aliphatic heterocycles. The fourth-order valence-corrected chi connectivity index (χ4v) is 3.08. The maximum Gasteiger partial charge on any atom is 0.0635 e. The Morgan fingerprint density at radius 3 is 1.50 bits per heavy atom. The predicted octanol–water partition coefficient (Wildman–Crippen LogP) is 1.46. The van der Waals surface area contributed by atoms with Gasteiger partial charge in [0, 0.05) is 62.0 Å². The van der Waals surface area contributed by atoms with Crippen molar-refractivity contribution in [3.05, 3.63) is 0 Å². The van der Waals surface area contributed by atoms with Crippen LogP contribution in [0.25, 0.3) is 0 Å². The van der Waals surface area contributed by atoms with Gasteiger partial charge in [0.2, 0.25) is 0 Å². The van der Waals surface area contributed by atoms with E-state index in [1.807, 2.05) is 23.5 Å². The lowest BCUT2D eigenvalue weighted by molar-refractivity contribution is 0.735. The van der Waals surface area contributed by atoms with E-state index in [2.05, 4.69) is 22.8 Å². The number of rotatable bonds is 13. The summed E-state index contributed by atoms with van der Waals surface area (Å²) in [4.78, 5) is 0. The third-order valence-corrected chi connectivity index (χ3v) is 4.28. The Kier molecular flexibility index (Phi) is 16.2. The van der Waals surface area contributed by atoms with Gasteiger partial charge in [-0.25, -0.2) is 0 Å². The molecule has 0 aromatic carbocycles. The van der Waals surface area contributed by atoms with E-state index in [0.29, 0.717) is 12.8 Å². The van der Waals surface area contributed by atoms with Crippen LogP contribution in [0.1, 0.15) is 12.8 Å². The first-order valence-corrected chi connectivity index (χ1v) is 8.53. The van der Waals surface area contributed by atoms with Crippen LogP contribution in [-0.4, -0.2) is 49.2 Å². The average molecular weight is 286 g/mol. The highest BCUT2D eigenvalue weighted by atomic mass is 32.2. The van der Waals surface area contributed by atoms with E-state index in [4.69, 9.17) is 10.5 Å². The molecular formula is C12H22N4S2. The summed E-state index contributed by atoms with van der Waals surface area (Å²) in [6.07, 6.45) is 1.19. The zero-order valence-corrected chi connectivity index (χ0v) is 12.4. The Hall–Kier alpha value is -0.400. The van der Waals surface area contributed by atoms with Crippen molar-refractivity contribution in [3.8, 4) is 12.1 Å². The minimum atomic E-state index is 0.597. The van der Waals surface area contributed by atoms with Crippen LogP contribution < -0.4 is 10.6 Å². The monoisotopic (exact) mass is 286 g/mol. The zero-order valence-electron chi connectivity index (χ0n) is 10.8. The molecule has 0 fully saturated rings. The average Bonchev–Trinajstić information content (AvgIpc) is 2.39. The molecule has 0 unspecified atom stereocenters. The molecule has 0 spiro atoms. The fraction of sp³-hybridized carbons (Fsp3) is 0.833. The number of nitrogens with one attached hydrogen (secondary N) is 2. The minimum Gasteiger partial charge on any atom is -0.315 e. The largest absolute Gasteiger partial charge is 0.315 e. The lowest BCUT2D eigenvalue weighted by atomic mass is 10.5. The molecule has 0 aromatic rings. The van der Waals surface area contributed by atoms with Gasteiger partial charge in [-0.2, -0.15) is 34.0 Å². The molecule has 102 valence electrons. The summed E-state index contributed by atoms with van der Waals surface area (Å²) < 4.78 is 0. The van der Waals surface area contributed by atoms with Gasteiger partial charge in [-0.05, 0) is 0 Å². The molecule has 4 nitrogen and oxygen atoms in total. The van der Waals surface area contributed by atoms with E-state index < -0.39 is 0 Å². The molecule has 0 atom stereocenters. The van der Waals surface area contributed by atoms with Crippen LogP contribution in [-0.2, 0) is 0 Å². The molecule has 0 aromatic heterocycles. The second kappa shape index (κ2) is 16.6. The Balaban J connectivity index is 2.91. The van der Waals surface area contributed by atoms with Crippen LogP contribution in [0.2, 0.25) is 0 Å². The maximum atomic E-state index is 8.34. The number of nitriles is 2. The van der Waals surface area contributed by atoms with Crippen LogP contribution in [0.15, 0.2) is 0 Å². The van der Waals surface area contributed by atoms with Crippen LogP contribution in [0.4, 0.5) is 0 Å². The van der Waals surface area contributed by atoms with Crippen molar-refractivity contribution in [2.45, 2.75) is 12.8 Å². The van der Waals surface area contributed by atoms with Crippen molar-refractivity contribution in [3.63, 3.8) is 0 Å². The van der Waals surface area contributed by atoms with Gasteiger partial charge in [0.15, 0.2) is 0 Å². The zero-order chi connectivity index (χ0) is 13.3. The molecule has 6 heteroatoms. The molecule has 0 rings (SSSR count). The van der Waals surface area contributed by atoms with Gasteiger partial charge in [-0.15, -0.1) is 0 Å². The van der Waals surface area contributed by atoms with Gasteiger partial charge < -0.3 is 10.6 Å². The van der Waals surface area contributed by atoms with Crippen molar-refractivity contribution in [1.82, 2.24) is 10.6 Å². The van der Waals surface area contributed by atoms with Gasteiger partial charge in [0.1, 0.15) is 0 Å². The number of hydrogen-bond donors (Lipinski definition) is 2. The second-order valence-corrected chi connectivity index (χ2v) is 5.99. The van der Waals surface area contributed by atoms with Crippen molar-refractivity contribution in [2.75, 3.05) is 49.2 Å². The van der Waals surface area contributed by atoms with Gasteiger partial charge >= 0.3 is 0 Å². The summed E-state index contributed by atoms with van der Waals surface area (Å²) in [6.45, 7) is 3.60. The van der Waals surface area contributed by atoms with Gasteiger partial charge in [-0.1, -0.05) is 0 Å². The molecule has 0 aliphatic rings. The Morgan fingerprint density at radius 1 is 0.667 bits per heavy atom. The number of nitrogens with zero attached hydrogens (tertiary/aromatic N) is 2. The van der Waals surface area contributed by atoms with Gasteiger partial charge in [0.25, 0.3) is 0 Å². The Morgan fingerprint density at radius 2 is 1.11 bits per heavy atom. The lowest BCUT2D eigenvalue weighted by Crippen LogP contribution is -2.18. The SMILES string of the molecule is N#CCCNCCSCCSCCNCCC#N. The van der Waals surface area contributed by atoms with Gasteiger partial charge in [0.05, 0.1) is 12.1 Å². The third kappa shape index (κ3) is 15.6. The fourth-order valence-electron chi connectivity index (χ4n) is 1.15. The molecule has 0 amide bonds. The summed E-state index contributed by atoms with van der Waals surface area (Å²) in [5.41, 5.74) is 0. The van der Waals surface area contributed by atoms with E-state index in [9.17, 15) is 0 Å². The van der Waals surface area contributed by atoms with Crippen molar-refractivity contribution in [2.24, 2.45) is 0 Å². The molecule has 0 radical (unpaired) electrons. The summed E-state index contributed by atoms with van der Waals surface area (Å²) in [7, 11) is 0. The molecule has 2 N–H and O–H groups in total. The van der Waals surface area contributed by atoms with Crippen LogP contribution in [0.5, 0.6) is 0 Å². The first kappa shape index (κ1) is 17.6. The Labute approximate surface area is 119 Å². The molecule has 0 heterocycles. The summed E-state index contributed by atoms with van der Waals surface area (Å²) in [5, 5.41) is 23.1. The molecule has 18 heavy (non-hydrogen) atoms. The summed E-state index contributed by atoms with van der Waals surface area (Å²) in [5.74, 6) is 4.60. The van der Waals surface area contributed by atoms with Crippen LogP contribution in [0.3, 0.4) is 0 Å². The standard InChI is InChI=1S/C12H22N4S2/c13-3-1-5-15-7-9-17-11-12-18-10-8-16-6-2-4-14/h15-16H,1-2,5-12H2. The van der Waals surface area contributed by atoms with Crippen molar-refractivity contribution >= 4 is 23.5 Å². The predicted molar refractivity (Wildman–Crippen MR) is 80.8 cm³/mol.